The third-order valence-corrected chi connectivity index (χ3v) is 10.4. The number of aromatic nitrogens is 2. The molecule has 2 amide bonds. The number of nitrogens with one attached hydrogen (secondary N) is 1. The molecule has 234 valence electrons. The minimum atomic E-state index is -0.808. The lowest BCUT2D eigenvalue weighted by atomic mass is 9.78. The molecular weight excluding hydrogens is 561 g/mol. The van der Waals surface area contributed by atoms with Crippen molar-refractivity contribution in [3.05, 3.63) is 17.0 Å². The molecule has 4 fully saturated rings. The number of piperazine rings is 1. The summed E-state index contributed by atoms with van der Waals surface area (Å²) in [5.74, 6) is -0.0388. The first kappa shape index (κ1) is 34.1. The Labute approximate surface area is 259 Å². The van der Waals surface area contributed by atoms with Crippen molar-refractivity contribution in [2.45, 2.75) is 141 Å². The second kappa shape index (κ2) is 14.9. The summed E-state index contributed by atoms with van der Waals surface area (Å²) in [4.78, 5) is 32.0. The van der Waals surface area contributed by atoms with Crippen molar-refractivity contribution in [3.8, 4) is 0 Å². The molecule has 2 N–H and O–H groups in total. The summed E-state index contributed by atoms with van der Waals surface area (Å²) >= 11 is 0. The molecule has 1 spiro atoms. The van der Waals surface area contributed by atoms with Gasteiger partial charge in [0.05, 0.1) is 17.8 Å². The molecule has 1 aromatic heterocycles. The highest BCUT2D eigenvalue weighted by molar-refractivity contribution is 6.00. The van der Waals surface area contributed by atoms with E-state index in [0.29, 0.717) is 25.4 Å². The fourth-order valence-electron chi connectivity index (χ4n) is 7.87. The minimum Gasteiger partial charge on any atom is -0.390 e. The first-order valence-electron chi connectivity index (χ1n) is 15.9. The smallest absolute Gasteiger partial charge is 0.248 e. The van der Waals surface area contributed by atoms with E-state index in [1.54, 1.807) is 0 Å². The molecule has 41 heavy (non-hydrogen) atoms. The highest BCUT2D eigenvalue weighted by atomic mass is 35.5. The molecule has 4 aliphatic rings. The molecule has 8 nitrogen and oxygen atoms in total. The zero-order valence-electron chi connectivity index (χ0n) is 25.4. The van der Waals surface area contributed by atoms with Crippen LogP contribution in [0, 0.1) is 19.8 Å². The van der Waals surface area contributed by atoms with Gasteiger partial charge in [-0.1, -0.05) is 51.9 Å². The Hall–Kier alpha value is -1.35. The molecule has 2 saturated carbocycles. The average molecular weight is 615 g/mol. The third-order valence-electron chi connectivity index (χ3n) is 10.4. The van der Waals surface area contributed by atoms with Gasteiger partial charge in [-0.3, -0.25) is 19.2 Å². The van der Waals surface area contributed by atoms with Crippen molar-refractivity contribution in [1.82, 2.24) is 24.9 Å². The first-order chi connectivity index (χ1) is 18.9. The largest absolute Gasteiger partial charge is 0.390 e. The van der Waals surface area contributed by atoms with E-state index < -0.39 is 17.7 Å². The Morgan fingerprint density at radius 2 is 1.59 bits per heavy atom. The Bertz CT molecular complexity index is 1010. The van der Waals surface area contributed by atoms with Gasteiger partial charge in [0, 0.05) is 37.4 Å². The van der Waals surface area contributed by atoms with Crippen LogP contribution in [-0.4, -0.2) is 73.8 Å². The normalized spacial score (nSPS) is 25.0. The van der Waals surface area contributed by atoms with E-state index in [1.807, 2.05) is 4.90 Å². The number of aliphatic hydroxyl groups is 1. The zero-order valence-corrected chi connectivity index (χ0v) is 27.0. The van der Waals surface area contributed by atoms with Gasteiger partial charge in [-0.2, -0.15) is 5.10 Å². The Balaban J connectivity index is 0.00000231. The molecule has 0 bridgehead atoms. The van der Waals surface area contributed by atoms with Gasteiger partial charge in [0.25, 0.3) is 0 Å². The molecular formula is C31H53Cl2N5O3. The summed E-state index contributed by atoms with van der Waals surface area (Å²) in [6, 6.07) is -0.283. The lowest BCUT2D eigenvalue weighted by Crippen LogP contribution is -2.75. The number of rotatable bonds is 8. The Morgan fingerprint density at radius 3 is 2.20 bits per heavy atom. The second-order valence-corrected chi connectivity index (χ2v) is 12.9. The molecule has 2 saturated heterocycles. The van der Waals surface area contributed by atoms with Gasteiger partial charge < -0.3 is 15.3 Å². The van der Waals surface area contributed by atoms with Crippen LogP contribution in [0.2, 0.25) is 0 Å². The predicted octanol–water partition coefficient (Wildman–Crippen LogP) is 5.25. The molecule has 1 aromatic rings. The van der Waals surface area contributed by atoms with E-state index in [2.05, 4.69) is 35.7 Å². The number of aryl methyl sites for hydroxylation is 1. The van der Waals surface area contributed by atoms with Crippen molar-refractivity contribution in [2.24, 2.45) is 5.92 Å². The molecule has 3 heterocycles. The SMILES string of the molecule is CCCCN1C(=O)[C@@H]([C@H](O)C2CCCCC2)NC(=O)C12CCN(Cc1c(C)nn(C3CCCCC3)c1C)CC2.Cl.Cl. The number of halogens is 2. The minimum absolute atomic E-state index is 0. The summed E-state index contributed by atoms with van der Waals surface area (Å²) < 4.78 is 2.28. The van der Waals surface area contributed by atoms with Gasteiger partial charge in [-0.25, -0.2) is 0 Å². The number of piperidine rings is 1. The highest BCUT2D eigenvalue weighted by Crippen LogP contribution is 2.37. The Morgan fingerprint density at radius 1 is 0.976 bits per heavy atom. The van der Waals surface area contributed by atoms with E-state index in [-0.39, 0.29) is 42.5 Å². The molecule has 10 heteroatoms. The van der Waals surface area contributed by atoms with Gasteiger partial charge in [0.2, 0.25) is 11.8 Å². The number of amides is 2. The van der Waals surface area contributed by atoms with Crippen LogP contribution in [-0.2, 0) is 16.1 Å². The van der Waals surface area contributed by atoms with Gasteiger partial charge in [-0.05, 0) is 64.7 Å². The van der Waals surface area contributed by atoms with Gasteiger partial charge >= 0.3 is 0 Å². The van der Waals surface area contributed by atoms with Gasteiger partial charge in [0.1, 0.15) is 11.6 Å². The van der Waals surface area contributed by atoms with E-state index in [1.165, 1.54) is 49.8 Å². The van der Waals surface area contributed by atoms with Crippen molar-refractivity contribution >= 4 is 36.6 Å². The first-order valence-corrected chi connectivity index (χ1v) is 15.9. The number of nitrogens with zero attached hydrogens (tertiary/aromatic N) is 4. The third kappa shape index (κ3) is 6.91. The van der Waals surface area contributed by atoms with Crippen LogP contribution in [0.5, 0.6) is 0 Å². The number of likely N-dealkylation sites (tertiary alicyclic amines) is 1. The van der Waals surface area contributed by atoms with Crippen LogP contribution in [0.15, 0.2) is 0 Å². The number of aliphatic hydroxyl groups excluding tert-OH is 1. The van der Waals surface area contributed by atoms with Crippen molar-refractivity contribution in [3.63, 3.8) is 0 Å². The van der Waals surface area contributed by atoms with Crippen LogP contribution in [0.3, 0.4) is 0 Å². The number of hydrogen-bond donors (Lipinski definition) is 2. The molecule has 2 aliphatic carbocycles. The summed E-state index contributed by atoms with van der Waals surface area (Å²) in [7, 11) is 0. The number of carbonyl (C=O) groups excluding carboxylic acids is 2. The Kier molecular flexibility index (Phi) is 12.4. The van der Waals surface area contributed by atoms with E-state index in [9.17, 15) is 14.7 Å². The number of unbranched alkanes of at least 4 members (excludes halogenated alkanes) is 1. The molecule has 0 unspecified atom stereocenters. The lowest BCUT2D eigenvalue weighted by molar-refractivity contribution is -0.166. The van der Waals surface area contributed by atoms with E-state index >= 15 is 0 Å². The van der Waals surface area contributed by atoms with Crippen LogP contribution in [0.25, 0.3) is 0 Å². The maximum absolute atomic E-state index is 13.9. The van der Waals surface area contributed by atoms with Crippen molar-refractivity contribution in [2.75, 3.05) is 19.6 Å². The molecule has 2 atom stereocenters. The van der Waals surface area contributed by atoms with E-state index in [0.717, 1.165) is 63.9 Å². The maximum Gasteiger partial charge on any atom is 0.248 e. The number of carbonyl (C=O) groups is 2. The van der Waals surface area contributed by atoms with E-state index in [4.69, 9.17) is 5.10 Å². The summed E-state index contributed by atoms with van der Waals surface area (Å²) in [5.41, 5.74) is 2.92. The summed E-state index contributed by atoms with van der Waals surface area (Å²) in [5, 5.41) is 19.2. The zero-order chi connectivity index (χ0) is 27.6. The lowest BCUT2D eigenvalue weighted by Gasteiger charge is -2.52. The van der Waals surface area contributed by atoms with Crippen LogP contribution < -0.4 is 5.32 Å². The van der Waals surface area contributed by atoms with Crippen molar-refractivity contribution in [1.29, 1.82) is 0 Å². The topological polar surface area (TPSA) is 90.7 Å². The second-order valence-electron chi connectivity index (χ2n) is 12.9. The summed E-state index contributed by atoms with van der Waals surface area (Å²) in [6.45, 7) is 9.43. The standard InChI is InChI=1S/C31H51N5O3.2ClH/c1-4-5-18-35-29(38)27(28(37)24-12-8-6-9-13-24)32-30(39)31(35)16-19-34(20-17-31)21-26-22(2)33-36(23(26)3)25-14-10-7-11-15-25;;/h24-25,27-28,37H,4-21H2,1-3H3,(H,32,39);2*1H/t27-,28-;;/m1../s1. The van der Waals surface area contributed by atoms with Gasteiger partial charge in [-0.15, -0.1) is 24.8 Å². The average Bonchev–Trinajstić information content (AvgIpc) is 3.25. The van der Waals surface area contributed by atoms with Crippen LogP contribution in [0.4, 0.5) is 0 Å². The van der Waals surface area contributed by atoms with Crippen LogP contribution >= 0.6 is 24.8 Å². The molecule has 0 aromatic carbocycles. The molecule has 5 rings (SSSR count). The highest BCUT2D eigenvalue weighted by Gasteiger charge is 2.55. The fraction of sp³-hybridized carbons (Fsp3) is 0.839. The quantitative estimate of drug-likeness (QED) is 0.418. The number of hydrogen-bond acceptors (Lipinski definition) is 5. The predicted molar refractivity (Wildman–Crippen MR) is 167 cm³/mol. The fourth-order valence-corrected chi connectivity index (χ4v) is 7.87. The molecule has 2 aliphatic heterocycles. The van der Waals surface area contributed by atoms with Crippen molar-refractivity contribution < 1.29 is 14.7 Å². The summed E-state index contributed by atoms with van der Waals surface area (Å²) in [6.07, 6.45) is 13.9. The van der Waals surface area contributed by atoms with Gasteiger partial charge in [0.15, 0.2) is 0 Å². The monoisotopic (exact) mass is 613 g/mol. The maximum atomic E-state index is 13.9. The van der Waals surface area contributed by atoms with Crippen LogP contribution in [0.1, 0.15) is 120 Å². The molecule has 0 radical (unpaired) electrons.